The summed E-state index contributed by atoms with van der Waals surface area (Å²) < 4.78 is 17.5. The normalized spacial score (nSPS) is 12.2. The zero-order valence-electron chi connectivity index (χ0n) is 12.0. The fraction of sp³-hybridized carbons (Fsp3) is 0.250. The number of nitrogen functional groups attached to an aromatic ring is 1. The zero-order valence-corrected chi connectivity index (χ0v) is 12.8. The first kappa shape index (κ1) is 14.6. The molecule has 1 unspecified atom stereocenters. The van der Waals surface area contributed by atoms with Gasteiger partial charge in [-0.1, -0.05) is 12.1 Å². The maximum Gasteiger partial charge on any atom is 0.141 e. The average Bonchev–Trinajstić information content (AvgIpc) is 2.42. The van der Waals surface area contributed by atoms with Crippen LogP contribution >= 0.6 is 0 Å². The number of anilines is 1. The van der Waals surface area contributed by atoms with E-state index in [1.54, 1.807) is 7.11 Å². The Morgan fingerprint density at radius 2 is 1.85 bits per heavy atom. The van der Waals surface area contributed by atoms with Gasteiger partial charge in [0.15, 0.2) is 0 Å². The molecule has 0 saturated carbocycles. The molecule has 0 saturated heterocycles. The molecule has 2 aromatic rings. The Morgan fingerprint density at radius 1 is 1.10 bits per heavy atom. The molecule has 0 fully saturated rings. The summed E-state index contributed by atoms with van der Waals surface area (Å²) in [6, 6.07) is 11.4. The molecule has 2 aromatic carbocycles. The maximum atomic E-state index is 12.4. The van der Waals surface area contributed by atoms with E-state index in [0.717, 1.165) is 16.0 Å². The number of rotatable bonds is 4. The predicted octanol–water partition coefficient (Wildman–Crippen LogP) is 3.20. The number of hydrogen-bond acceptors (Lipinski definition) is 3. The highest BCUT2D eigenvalue weighted by Crippen LogP contribution is 2.24. The molecular weight excluding hydrogens is 270 g/mol. The molecule has 0 aliphatic heterocycles. The van der Waals surface area contributed by atoms with E-state index in [2.05, 4.69) is 0 Å². The zero-order chi connectivity index (χ0) is 14.7. The van der Waals surface area contributed by atoms with Gasteiger partial charge in [0.05, 0.1) is 29.3 Å². The average molecular weight is 289 g/mol. The number of nitrogens with two attached hydrogens (primary N) is 1. The van der Waals surface area contributed by atoms with Crippen LogP contribution in [0.25, 0.3) is 0 Å². The van der Waals surface area contributed by atoms with Gasteiger partial charge >= 0.3 is 0 Å². The lowest BCUT2D eigenvalue weighted by Crippen LogP contribution is -1.99. The van der Waals surface area contributed by atoms with Gasteiger partial charge < -0.3 is 10.5 Å². The Bertz CT molecular complexity index is 653. The molecular formula is C16H19NO2S. The van der Waals surface area contributed by atoms with Crippen LogP contribution in [0, 0.1) is 13.8 Å². The van der Waals surface area contributed by atoms with Crippen molar-refractivity contribution in [2.75, 3.05) is 12.8 Å². The fourth-order valence-corrected chi connectivity index (χ4v) is 3.14. The van der Waals surface area contributed by atoms with Gasteiger partial charge in [-0.05, 0) is 54.8 Å². The Kier molecular flexibility index (Phi) is 4.45. The molecule has 0 aliphatic carbocycles. The van der Waals surface area contributed by atoms with E-state index in [0.29, 0.717) is 17.2 Å². The highest BCUT2D eigenvalue weighted by atomic mass is 32.2. The van der Waals surface area contributed by atoms with Crippen LogP contribution in [0.4, 0.5) is 5.69 Å². The van der Waals surface area contributed by atoms with E-state index in [1.807, 2.05) is 50.2 Å². The van der Waals surface area contributed by atoms with Gasteiger partial charge in [-0.2, -0.15) is 0 Å². The predicted molar refractivity (Wildman–Crippen MR) is 83.4 cm³/mol. The number of benzene rings is 2. The highest BCUT2D eigenvalue weighted by Gasteiger charge is 2.08. The summed E-state index contributed by atoms with van der Waals surface area (Å²) in [5.41, 5.74) is 9.75. The molecule has 1 atom stereocenters. The summed E-state index contributed by atoms with van der Waals surface area (Å²) in [5, 5.41) is 0. The van der Waals surface area contributed by atoms with Crippen molar-refractivity contribution in [3.05, 3.63) is 53.1 Å². The second-order valence-corrected chi connectivity index (χ2v) is 6.26. The van der Waals surface area contributed by atoms with E-state index < -0.39 is 10.8 Å². The molecule has 0 heterocycles. The minimum atomic E-state index is -1.07. The quantitative estimate of drug-likeness (QED) is 0.879. The maximum absolute atomic E-state index is 12.4. The van der Waals surface area contributed by atoms with Crippen molar-refractivity contribution in [1.29, 1.82) is 0 Å². The summed E-state index contributed by atoms with van der Waals surface area (Å²) in [6.45, 7) is 4.08. The van der Waals surface area contributed by atoms with Crippen LogP contribution in [-0.2, 0) is 16.6 Å². The van der Waals surface area contributed by atoms with Gasteiger partial charge in [-0.25, -0.2) is 0 Å². The highest BCUT2D eigenvalue weighted by molar-refractivity contribution is 7.84. The first-order valence-electron chi connectivity index (χ1n) is 6.39. The van der Waals surface area contributed by atoms with E-state index >= 15 is 0 Å². The fourth-order valence-electron chi connectivity index (χ4n) is 1.96. The summed E-state index contributed by atoms with van der Waals surface area (Å²) in [7, 11) is 0.516. The number of aryl methyl sites for hydroxylation is 2. The van der Waals surface area contributed by atoms with Gasteiger partial charge in [0, 0.05) is 4.90 Å². The Balaban J connectivity index is 2.19. The van der Waals surface area contributed by atoms with E-state index in [4.69, 9.17) is 10.5 Å². The van der Waals surface area contributed by atoms with Crippen molar-refractivity contribution in [2.24, 2.45) is 0 Å². The first-order valence-corrected chi connectivity index (χ1v) is 7.71. The monoisotopic (exact) mass is 289 g/mol. The first-order chi connectivity index (χ1) is 9.51. The third kappa shape index (κ3) is 3.20. The molecule has 2 rings (SSSR count). The van der Waals surface area contributed by atoms with Crippen LogP contribution in [0.15, 0.2) is 41.3 Å². The van der Waals surface area contributed by atoms with Crippen LogP contribution in [0.3, 0.4) is 0 Å². The summed E-state index contributed by atoms with van der Waals surface area (Å²) >= 11 is 0. The van der Waals surface area contributed by atoms with Crippen molar-refractivity contribution < 1.29 is 8.95 Å². The van der Waals surface area contributed by atoms with Gasteiger partial charge in [0.2, 0.25) is 0 Å². The van der Waals surface area contributed by atoms with Crippen LogP contribution in [-0.4, -0.2) is 11.3 Å². The van der Waals surface area contributed by atoms with Gasteiger partial charge in [-0.3, -0.25) is 4.21 Å². The topological polar surface area (TPSA) is 52.3 Å². The standard InChI is InChI=1S/C16H19NO2S/c1-11-4-6-14(8-12(11)2)20(18)10-13-5-7-16(19-3)15(17)9-13/h4-9H,10,17H2,1-3H3. The minimum Gasteiger partial charge on any atom is -0.495 e. The molecule has 0 aliphatic rings. The number of hydrogen-bond donors (Lipinski definition) is 1. The molecule has 2 N–H and O–H groups in total. The van der Waals surface area contributed by atoms with E-state index in [1.165, 1.54) is 5.56 Å². The van der Waals surface area contributed by atoms with Gasteiger partial charge in [0.1, 0.15) is 5.75 Å². The minimum absolute atomic E-state index is 0.455. The van der Waals surface area contributed by atoms with Crippen LogP contribution in [0.1, 0.15) is 16.7 Å². The van der Waals surface area contributed by atoms with Crippen molar-refractivity contribution in [1.82, 2.24) is 0 Å². The van der Waals surface area contributed by atoms with Crippen molar-refractivity contribution in [3.8, 4) is 5.75 Å². The Hall–Kier alpha value is -1.81. The lowest BCUT2D eigenvalue weighted by atomic mass is 10.1. The summed E-state index contributed by atoms with van der Waals surface area (Å²) in [4.78, 5) is 0.850. The Morgan fingerprint density at radius 3 is 2.45 bits per heavy atom. The lowest BCUT2D eigenvalue weighted by molar-refractivity contribution is 0.417. The van der Waals surface area contributed by atoms with Crippen molar-refractivity contribution >= 4 is 16.5 Å². The smallest absolute Gasteiger partial charge is 0.141 e. The molecule has 0 bridgehead atoms. The number of methoxy groups -OCH3 is 1. The molecule has 3 nitrogen and oxygen atoms in total. The molecule has 0 spiro atoms. The van der Waals surface area contributed by atoms with Crippen LogP contribution in [0.5, 0.6) is 5.75 Å². The van der Waals surface area contributed by atoms with Crippen LogP contribution < -0.4 is 10.5 Å². The Labute approximate surface area is 122 Å². The second-order valence-electron chi connectivity index (χ2n) is 4.81. The molecule has 20 heavy (non-hydrogen) atoms. The molecule has 106 valence electrons. The van der Waals surface area contributed by atoms with Gasteiger partial charge in [-0.15, -0.1) is 0 Å². The third-order valence-corrected chi connectivity index (χ3v) is 4.71. The molecule has 4 heteroatoms. The molecule has 0 aromatic heterocycles. The van der Waals surface area contributed by atoms with Gasteiger partial charge in [0.25, 0.3) is 0 Å². The molecule has 0 amide bonds. The molecule has 0 radical (unpaired) electrons. The van der Waals surface area contributed by atoms with Crippen LogP contribution in [0.2, 0.25) is 0 Å². The SMILES string of the molecule is COc1ccc(CS(=O)c2ccc(C)c(C)c2)cc1N. The summed E-state index contributed by atoms with van der Waals surface area (Å²) in [6.07, 6.45) is 0. The second kappa shape index (κ2) is 6.09. The lowest BCUT2D eigenvalue weighted by Gasteiger charge is -2.08. The van der Waals surface area contributed by atoms with Crippen molar-refractivity contribution in [3.63, 3.8) is 0 Å². The third-order valence-electron chi connectivity index (χ3n) is 3.33. The number of ether oxygens (including phenoxy) is 1. The van der Waals surface area contributed by atoms with E-state index in [9.17, 15) is 4.21 Å². The summed E-state index contributed by atoms with van der Waals surface area (Å²) in [5.74, 6) is 1.10. The van der Waals surface area contributed by atoms with E-state index in [-0.39, 0.29) is 0 Å². The largest absolute Gasteiger partial charge is 0.495 e. The van der Waals surface area contributed by atoms with Crippen molar-refractivity contribution in [2.45, 2.75) is 24.5 Å².